The van der Waals surface area contributed by atoms with Crippen LogP contribution < -0.4 is 5.32 Å². The normalized spacial score (nSPS) is 37.5. The maximum absolute atomic E-state index is 13.0. The molecule has 0 aliphatic heterocycles. The first kappa shape index (κ1) is 24.5. The maximum Gasteiger partial charge on any atom is 0.225 e. The zero-order valence-electron chi connectivity index (χ0n) is 20.5. The molecule has 2 amide bonds. The third kappa shape index (κ3) is 4.96. The topological polar surface area (TPSA) is 69.6 Å². The third-order valence-electron chi connectivity index (χ3n) is 9.30. The van der Waals surface area contributed by atoms with Crippen molar-refractivity contribution in [2.24, 2.45) is 35.0 Å². The van der Waals surface area contributed by atoms with Crippen LogP contribution in [0.5, 0.6) is 0 Å². The van der Waals surface area contributed by atoms with E-state index in [4.69, 9.17) is 0 Å². The minimum atomic E-state index is -0.488. The van der Waals surface area contributed by atoms with Crippen LogP contribution in [0.1, 0.15) is 92.4 Å². The SMILES string of the molecule is CCN(CC)C(=O)C(C)C1CCC2(C)CCC(NC(=O)C3CCCCC3)C(C)C2C1O. The van der Waals surface area contributed by atoms with E-state index in [-0.39, 0.29) is 52.9 Å². The first-order chi connectivity index (χ1) is 14.7. The number of carbonyl (C=O) groups is 2. The van der Waals surface area contributed by atoms with Crippen LogP contribution in [0.2, 0.25) is 0 Å². The van der Waals surface area contributed by atoms with Gasteiger partial charge in [-0.2, -0.15) is 0 Å². The van der Waals surface area contributed by atoms with E-state index in [9.17, 15) is 14.7 Å². The molecule has 7 unspecified atom stereocenters. The molecular weight excluding hydrogens is 388 g/mol. The van der Waals surface area contributed by atoms with Gasteiger partial charge in [0.2, 0.25) is 11.8 Å². The van der Waals surface area contributed by atoms with Gasteiger partial charge in [-0.15, -0.1) is 0 Å². The van der Waals surface area contributed by atoms with Crippen molar-refractivity contribution in [1.29, 1.82) is 0 Å². The van der Waals surface area contributed by atoms with E-state index < -0.39 is 6.10 Å². The summed E-state index contributed by atoms with van der Waals surface area (Å²) in [7, 11) is 0. The second kappa shape index (κ2) is 10.2. The minimum absolute atomic E-state index is 0.00132. The number of carbonyl (C=O) groups excluding carboxylic acids is 2. The van der Waals surface area contributed by atoms with Crippen molar-refractivity contribution < 1.29 is 14.7 Å². The first-order valence-corrected chi connectivity index (χ1v) is 13.0. The summed E-state index contributed by atoms with van der Waals surface area (Å²) in [5, 5.41) is 15.0. The van der Waals surface area contributed by atoms with Gasteiger partial charge in [0.25, 0.3) is 0 Å². The zero-order chi connectivity index (χ0) is 22.8. The number of fused-ring (bicyclic) bond motifs is 1. The summed E-state index contributed by atoms with van der Waals surface area (Å²) in [6, 6.07) is 0.134. The molecule has 0 aromatic carbocycles. The quantitative estimate of drug-likeness (QED) is 0.652. The van der Waals surface area contributed by atoms with Crippen LogP contribution in [-0.4, -0.2) is 47.1 Å². The second-order valence-electron chi connectivity index (χ2n) is 11.0. The molecule has 3 aliphatic carbocycles. The molecule has 0 heterocycles. The van der Waals surface area contributed by atoms with Crippen molar-refractivity contribution >= 4 is 11.8 Å². The molecule has 31 heavy (non-hydrogen) atoms. The van der Waals surface area contributed by atoms with Gasteiger partial charge in [0, 0.05) is 31.0 Å². The molecule has 3 rings (SSSR count). The van der Waals surface area contributed by atoms with Crippen LogP contribution in [-0.2, 0) is 9.59 Å². The molecule has 7 atom stereocenters. The van der Waals surface area contributed by atoms with Gasteiger partial charge in [0.15, 0.2) is 0 Å². The summed E-state index contributed by atoms with van der Waals surface area (Å²) in [6.45, 7) is 12.0. The fraction of sp³-hybridized carbons (Fsp3) is 0.923. The van der Waals surface area contributed by atoms with Gasteiger partial charge in [-0.05, 0) is 75.5 Å². The molecule has 0 bridgehead atoms. The highest BCUT2D eigenvalue weighted by Crippen LogP contribution is 2.55. The lowest BCUT2D eigenvalue weighted by Crippen LogP contribution is -2.59. The minimum Gasteiger partial charge on any atom is -0.392 e. The van der Waals surface area contributed by atoms with Gasteiger partial charge in [0.05, 0.1) is 6.10 Å². The Morgan fingerprint density at radius 3 is 2.29 bits per heavy atom. The Morgan fingerprint density at radius 1 is 1.06 bits per heavy atom. The van der Waals surface area contributed by atoms with Crippen molar-refractivity contribution in [3.63, 3.8) is 0 Å². The van der Waals surface area contributed by atoms with Crippen LogP contribution >= 0.6 is 0 Å². The second-order valence-corrected chi connectivity index (χ2v) is 11.0. The van der Waals surface area contributed by atoms with Gasteiger partial charge in [0.1, 0.15) is 0 Å². The van der Waals surface area contributed by atoms with Crippen molar-refractivity contribution in [1.82, 2.24) is 10.2 Å². The largest absolute Gasteiger partial charge is 0.392 e. The molecule has 5 heteroatoms. The predicted octanol–water partition coefficient (Wildman–Crippen LogP) is 4.38. The molecule has 0 radical (unpaired) electrons. The van der Waals surface area contributed by atoms with Crippen LogP contribution in [0.4, 0.5) is 0 Å². The van der Waals surface area contributed by atoms with Crippen molar-refractivity contribution in [3.05, 3.63) is 0 Å². The monoisotopic (exact) mass is 434 g/mol. The lowest BCUT2D eigenvalue weighted by molar-refractivity contribution is -0.151. The van der Waals surface area contributed by atoms with E-state index in [1.54, 1.807) is 0 Å². The average molecular weight is 435 g/mol. The number of aliphatic hydroxyl groups is 1. The standard InChI is InChI=1S/C26H46N2O3/c1-6-28(7-2)25(31)17(3)20-13-15-26(5)16-14-21(18(4)22(26)23(20)29)27-24(30)19-11-9-8-10-12-19/h17-23,29H,6-16H2,1-5H3,(H,27,30). The van der Waals surface area contributed by atoms with E-state index in [2.05, 4.69) is 19.2 Å². The van der Waals surface area contributed by atoms with E-state index in [1.165, 1.54) is 6.42 Å². The highest BCUT2D eigenvalue weighted by Gasteiger charge is 2.54. The molecular formula is C26H46N2O3. The number of nitrogens with one attached hydrogen (secondary N) is 1. The lowest BCUT2D eigenvalue weighted by Gasteiger charge is -2.56. The van der Waals surface area contributed by atoms with E-state index in [0.717, 1.165) is 64.5 Å². The highest BCUT2D eigenvalue weighted by atomic mass is 16.3. The van der Waals surface area contributed by atoms with Gasteiger partial charge in [-0.1, -0.05) is 40.0 Å². The van der Waals surface area contributed by atoms with Crippen LogP contribution in [0.3, 0.4) is 0 Å². The molecule has 2 N–H and O–H groups in total. The van der Waals surface area contributed by atoms with Gasteiger partial charge < -0.3 is 15.3 Å². The summed E-state index contributed by atoms with van der Waals surface area (Å²) in [5.74, 6) is 0.758. The Bertz CT molecular complexity index is 628. The number of nitrogens with zero attached hydrogens (tertiary/aromatic N) is 1. The predicted molar refractivity (Wildman–Crippen MR) is 124 cm³/mol. The summed E-state index contributed by atoms with van der Waals surface area (Å²) < 4.78 is 0. The van der Waals surface area contributed by atoms with E-state index in [1.807, 2.05) is 25.7 Å². The van der Waals surface area contributed by atoms with Crippen LogP contribution in [0.15, 0.2) is 0 Å². The summed E-state index contributed by atoms with van der Waals surface area (Å²) in [5.41, 5.74) is 0.0966. The van der Waals surface area contributed by atoms with Crippen molar-refractivity contribution in [2.75, 3.05) is 13.1 Å². The summed E-state index contributed by atoms with van der Waals surface area (Å²) in [6.07, 6.45) is 9.14. The fourth-order valence-corrected chi connectivity index (χ4v) is 7.17. The van der Waals surface area contributed by atoms with Gasteiger partial charge >= 0.3 is 0 Å². The number of hydrogen-bond acceptors (Lipinski definition) is 3. The van der Waals surface area contributed by atoms with E-state index >= 15 is 0 Å². The molecule has 0 spiro atoms. The highest BCUT2D eigenvalue weighted by molar-refractivity contribution is 5.79. The Hall–Kier alpha value is -1.10. The Kier molecular flexibility index (Phi) is 8.10. The molecule has 3 saturated carbocycles. The number of amides is 2. The molecule has 5 nitrogen and oxygen atoms in total. The average Bonchev–Trinajstić information content (AvgIpc) is 2.76. The van der Waals surface area contributed by atoms with E-state index in [0.29, 0.717) is 0 Å². The smallest absolute Gasteiger partial charge is 0.225 e. The summed E-state index contributed by atoms with van der Waals surface area (Å²) >= 11 is 0. The Morgan fingerprint density at radius 2 is 1.68 bits per heavy atom. The Labute approximate surface area is 189 Å². The molecule has 0 aromatic heterocycles. The molecule has 178 valence electrons. The fourth-order valence-electron chi connectivity index (χ4n) is 7.17. The zero-order valence-corrected chi connectivity index (χ0v) is 20.5. The Balaban J connectivity index is 1.71. The van der Waals surface area contributed by atoms with Crippen LogP contribution in [0, 0.1) is 35.0 Å². The molecule has 0 aromatic rings. The number of rotatable bonds is 6. The van der Waals surface area contributed by atoms with Crippen LogP contribution in [0.25, 0.3) is 0 Å². The third-order valence-corrected chi connectivity index (χ3v) is 9.30. The van der Waals surface area contributed by atoms with Crippen molar-refractivity contribution in [3.8, 4) is 0 Å². The number of aliphatic hydroxyl groups excluding tert-OH is 1. The molecule has 0 saturated heterocycles. The number of hydrogen-bond donors (Lipinski definition) is 2. The lowest BCUT2D eigenvalue weighted by atomic mass is 9.51. The maximum atomic E-state index is 13.0. The van der Waals surface area contributed by atoms with Crippen molar-refractivity contribution in [2.45, 2.75) is 105 Å². The molecule has 3 aliphatic rings. The summed E-state index contributed by atoms with van der Waals surface area (Å²) in [4.78, 5) is 27.8. The first-order valence-electron chi connectivity index (χ1n) is 13.0. The molecule has 3 fully saturated rings. The van der Waals surface area contributed by atoms with Gasteiger partial charge in [-0.25, -0.2) is 0 Å². The van der Waals surface area contributed by atoms with Gasteiger partial charge in [-0.3, -0.25) is 9.59 Å².